The van der Waals surface area contributed by atoms with Gasteiger partial charge in [0.2, 0.25) is 5.91 Å². The first kappa shape index (κ1) is 23.4. The quantitative estimate of drug-likeness (QED) is 0.668. The number of amides is 1. The number of benzene rings is 2. The number of aliphatic hydroxyl groups excluding tert-OH is 2. The minimum absolute atomic E-state index is 0.0336. The molecule has 2 aromatic carbocycles. The minimum Gasteiger partial charge on any atom is -0.394 e. The van der Waals surface area contributed by atoms with Crippen LogP contribution in [-0.4, -0.2) is 40.3 Å². The van der Waals surface area contributed by atoms with Crippen LogP contribution in [0.25, 0.3) is 11.1 Å². The Kier molecular flexibility index (Phi) is 7.12. The molecule has 2 aromatic rings. The maximum Gasteiger partial charge on any atom is 0.223 e. The molecule has 0 bridgehead atoms. The van der Waals surface area contributed by atoms with E-state index < -0.39 is 17.7 Å². The Morgan fingerprint density at radius 2 is 1.77 bits per heavy atom. The van der Waals surface area contributed by atoms with Crippen molar-refractivity contribution < 1.29 is 23.8 Å². The summed E-state index contributed by atoms with van der Waals surface area (Å²) >= 11 is 0. The van der Waals surface area contributed by atoms with Crippen LogP contribution in [-0.2, 0) is 4.79 Å². The van der Waals surface area contributed by atoms with Gasteiger partial charge in [-0.1, -0.05) is 38.1 Å². The fraction of sp³-hybridized carbons (Fsp3) is 0.480. The predicted molar refractivity (Wildman–Crippen MR) is 116 cm³/mol. The lowest BCUT2D eigenvalue weighted by atomic mass is 9.66. The summed E-state index contributed by atoms with van der Waals surface area (Å²) in [6, 6.07) is 10.7. The van der Waals surface area contributed by atoms with E-state index in [4.69, 9.17) is 0 Å². The van der Waals surface area contributed by atoms with Gasteiger partial charge in [-0.25, -0.2) is 8.78 Å². The van der Waals surface area contributed by atoms with Gasteiger partial charge in [-0.2, -0.15) is 0 Å². The summed E-state index contributed by atoms with van der Waals surface area (Å²) in [4.78, 5) is 14.9. The van der Waals surface area contributed by atoms with E-state index in [1.54, 1.807) is 12.1 Å². The third-order valence-electron chi connectivity index (χ3n) is 6.85. The van der Waals surface area contributed by atoms with Crippen LogP contribution in [0.3, 0.4) is 0 Å². The molecule has 3 atom stereocenters. The number of nitrogens with zero attached hydrogens (tertiary/aromatic N) is 1. The number of piperidine rings is 1. The van der Waals surface area contributed by atoms with Crippen molar-refractivity contribution in [2.75, 3.05) is 13.2 Å². The number of hydrogen-bond donors (Lipinski definition) is 2. The van der Waals surface area contributed by atoms with Crippen molar-refractivity contribution in [2.45, 2.75) is 52.2 Å². The van der Waals surface area contributed by atoms with Gasteiger partial charge in [0.1, 0.15) is 11.6 Å². The summed E-state index contributed by atoms with van der Waals surface area (Å²) in [5.74, 6) is -0.979. The Balaban J connectivity index is 1.74. The van der Waals surface area contributed by atoms with E-state index in [0.29, 0.717) is 30.5 Å². The van der Waals surface area contributed by atoms with Crippen molar-refractivity contribution in [2.24, 2.45) is 11.3 Å². The molecule has 168 valence electrons. The van der Waals surface area contributed by atoms with E-state index in [1.807, 2.05) is 24.0 Å². The molecule has 31 heavy (non-hydrogen) atoms. The van der Waals surface area contributed by atoms with E-state index >= 15 is 0 Å². The van der Waals surface area contributed by atoms with Gasteiger partial charge in [0.05, 0.1) is 18.8 Å². The Bertz CT molecular complexity index is 915. The zero-order valence-corrected chi connectivity index (χ0v) is 18.3. The van der Waals surface area contributed by atoms with Gasteiger partial charge in [-0.15, -0.1) is 0 Å². The van der Waals surface area contributed by atoms with Crippen molar-refractivity contribution >= 4 is 5.91 Å². The average molecular weight is 432 g/mol. The summed E-state index contributed by atoms with van der Waals surface area (Å²) in [6.45, 7) is 6.36. The van der Waals surface area contributed by atoms with Gasteiger partial charge >= 0.3 is 0 Å². The molecule has 3 rings (SSSR count). The topological polar surface area (TPSA) is 60.8 Å². The number of carbonyl (C=O) groups excluding carboxylic acids is 1. The summed E-state index contributed by atoms with van der Waals surface area (Å²) in [5.41, 5.74) is 1.60. The van der Waals surface area contributed by atoms with Gasteiger partial charge in [-0.05, 0) is 54.4 Å². The Morgan fingerprint density at radius 1 is 1.10 bits per heavy atom. The van der Waals surface area contributed by atoms with E-state index in [-0.39, 0.29) is 29.9 Å². The number of likely N-dealkylation sites (tertiary alicyclic amines) is 1. The third-order valence-corrected chi connectivity index (χ3v) is 6.85. The molecule has 1 saturated heterocycles. The van der Waals surface area contributed by atoms with E-state index in [1.165, 1.54) is 12.1 Å². The second-order valence-electron chi connectivity index (χ2n) is 8.99. The van der Waals surface area contributed by atoms with Crippen LogP contribution >= 0.6 is 0 Å². The maximum absolute atomic E-state index is 14.1. The highest BCUT2D eigenvalue weighted by molar-refractivity contribution is 5.78. The van der Waals surface area contributed by atoms with Gasteiger partial charge in [0.25, 0.3) is 0 Å². The molecule has 1 amide bonds. The molecule has 0 aliphatic carbocycles. The van der Waals surface area contributed by atoms with E-state index in [9.17, 15) is 23.8 Å². The monoisotopic (exact) mass is 431 g/mol. The first-order valence-electron chi connectivity index (χ1n) is 10.8. The zero-order valence-electron chi connectivity index (χ0n) is 18.3. The Labute approximate surface area is 182 Å². The Morgan fingerprint density at radius 3 is 2.32 bits per heavy atom. The molecule has 0 saturated carbocycles. The highest BCUT2D eigenvalue weighted by atomic mass is 19.1. The number of carbonyl (C=O) groups is 1. The molecule has 1 heterocycles. The van der Waals surface area contributed by atoms with E-state index in [2.05, 4.69) is 13.8 Å². The lowest BCUT2D eigenvalue weighted by molar-refractivity contribution is -0.144. The summed E-state index contributed by atoms with van der Waals surface area (Å²) in [7, 11) is 0. The summed E-state index contributed by atoms with van der Waals surface area (Å²) in [6.07, 6.45) is 0.688. The molecule has 1 aliphatic heterocycles. The van der Waals surface area contributed by atoms with Crippen LogP contribution < -0.4 is 0 Å². The highest BCUT2D eigenvalue weighted by Gasteiger charge is 2.43. The molecule has 1 fully saturated rings. The molecule has 0 spiro atoms. The molecule has 0 radical (unpaired) electrons. The van der Waals surface area contributed by atoms with Crippen molar-refractivity contribution in [3.63, 3.8) is 0 Å². The molecular formula is C25H31F2NO3. The summed E-state index contributed by atoms with van der Waals surface area (Å²) < 4.78 is 27.2. The molecule has 4 nitrogen and oxygen atoms in total. The van der Waals surface area contributed by atoms with Gasteiger partial charge in [0.15, 0.2) is 0 Å². The minimum atomic E-state index is -0.821. The maximum atomic E-state index is 14.1. The van der Waals surface area contributed by atoms with Crippen LogP contribution in [0.15, 0.2) is 42.5 Å². The zero-order chi connectivity index (χ0) is 22.8. The molecular weight excluding hydrogens is 400 g/mol. The van der Waals surface area contributed by atoms with Gasteiger partial charge < -0.3 is 15.1 Å². The first-order valence-corrected chi connectivity index (χ1v) is 10.8. The second kappa shape index (κ2) is 9.45. The number of aliphatic hydroxyl groups is 2. The molecule has 2 unspecified atom stereocenters. The second-order valence-corrected chi connectivity index (χ2v) is 8.99. The lowest BCUT2D eigenvalue weighted by Crippen LogP contribution is -2.48. The average Bonchev–Trinajstić information content (AvgIpc) is 2.73. The standard InChI is InChI=1S/C25H31F2NO3/c1-16(2)25(13-21(30)15-29)10-11-28(24(31)14-25)17(3)18-4-6-19(7-5-18)22-9-8-20(26)12-23(22)27/h4-9,12,16-17,21,29-30H,10-11,13-15H2,1-3H3/t17-,21?,25?/m0/s1. The molecule has 1 aliphatic rings. The smallest absolute Gasteiger partial charge is 0.223 e. The molecule has 0 aromatic heterocycles. The number of rotatable bonds is 7. The highest BCUT2D eigenvalue weighted by Crippen LogP contribution is 2.45. The van der Waals surface area contributed by atoms with Crippen LogP contribution in [0.5, 0.6) is 0 Å². The van der Waals surface area contributed by atoms with Crippen molar-refractivity contribution in [1.29, 1.82) is 0 Å². The number of halogens is 2. The lowest BCUT2D eigenvalue weighted by Gasteiger charge is -2.46. The molecule has 6 heteroatoms. The predicted octanol–water partition coefficient (Wildman–Crippen LogP) is 4.70. The Hall–Kier alpha value is -2.31. The van der Waals surface area contributed by atoms with E-state index in [0.717, 1.165) is 18.1 Å². The van der Waals surface area contributed by atoms with Crippen molar-refractivity contribution in [3.05, 3.63) is 59.7 Å². The van der Waals surface area contributed by atoms with Crippen LogP contribution in [0.4, 0.5) is 8.78 Å². The van der Waals surface area contributed by atoms with Crippen LogP contribution in [0.1, 0.15) is 51.6 Å². The fourth-order valence-electron chi connectivity index (χ4n) is 4.65. The van der Waals surface area contributed by atoms with Crippen LogP contribution in [0, 0.1) is 23.0 Å². The van der Waals surface area contributed by atoms with Crippen LogP contribution in [0.2, 0.25) is 0 Å². The summed E-state index contributed by atoms with van der Waals surface area (Å²) in [5, 5.41) is 19.3. The molecule has 2 N–H and O–H groups in total. The third kappa shape index (κ3) is 4.96. The fourth-order valence-corrected chi connectivity index (χ4v) is 4.65. The van der Waals surface area contributed by atoms with Gasteiger partial charge in [0, 0.05) is 24.6 Å². The van der Waals surface area contributed by atoms with Crippen molar-refractivity contribution in [1.82, 2.24) is 4.90 Å². The SMILES string of the molecule is CC(C)C1(CC(O)CO)CCN([C@@H](C)c2ccc(-c3ccc(F)cc3F)cc2)C(=O)C1. The van der Waals surface area contributed by atoms with Crippen molar-refractivity contribution in [3.8, 4) is 11.1 Å². The van der Waals surface area contributed by atoms with Gasteiger partial charge in [-0.3, -0.25) is 4.79 Å². The largest absolute Gasteiger partial charge is 0.394 e. The first-order chi connectivity index (χ1) is 14.7. The normalized spacial score (nSPS) is 21.4. The number of hydrogen-bond acceptors (Lipinski definition) is 3.